The highest BCUT2D eigenvalue weighted by atomic mass is 16.4. The molecular weight excluding hydrogens is 230 g/mol. The normalized spacial score (nSPS) is 16.3. The zero-order chi connectivity index (χ0) is 13.1. The van der Waals surface area contributed by atoms with E-state index in [2.05, 4.69) is 15.3 Å². The number of anilines is 1. The Morgan fingerprint density at radius 1 is 1.56 bits per heavy atom. The van der Waals surface area contributed by atoms with E-state index in [-0.39, 0.29) is 0 Å². The van der Waals surface area contributed by atoms with Crippen LogP contribution in [0.4, 0.5) is 5.82 Å². The summed E-state index contributed by atoms with van der Waals surface area (Å²) in [6.07, 6.45) is 3.70. The molecule has 1 saturated carbocycles. The van der Waals surface area contributed by atoms with Crippen LogP contribution in [0.2, 0.25) is 0 Å². The predicted molar refractivity (Wildman–Crippen MR) is 68.7 cm³/mol. The van der Waals surface area contributed by atoms with Crippen molar-refractivity contribution in [2.75, 3.05) is 5.32 Å². The minimum absolute atomic E-state index is 0.472. The third-order valence-corrected chi connectivity index (χ3v) is 3.01. The maximum absolute atomic E-state index is 11.1. The molecule has 0 aliphatic heterocycles. The van der Waals surface area contributed by atoms with Gasteiger partial charge < -0.3 is 10.4 Å². The Balaban J connectivity index is 2.13. The molecule has 0 radical (unpaired) electrons. The van der Waals surface area contributed by atoms with Crippen molar-refractivity contribution >= 4 is 11.8 Å². The smallest absolute Gasteiger partial charge is 0.326 e. The van der Waals surface area contributed by atoms with Gasteiger partial charge in [0, 0.05) is 17.7 Å². The lowest BCUT2D eigenvalue weighted by Crippen LogP contribution is -2.29. The first-order valence-electron chi connectivity index (χ1n) is 6.45. The van der Waals surface area contributed by atoms with E-state index in [1.54, 1.807) is 6.07 Å². The fraction of sp³-hybridized carbons (Fsp3) is 0.615. The number of aliphatic carboxylic acids is 1. The summed E-state index contributed by atoms with van der Waals surface area (Å²) in [5.41, 5.74) is 0.884. The molecule has 2 N–H and O–H groups in total. The summed E-state index contributed by atoms with van der Waals surface area (Å²) < 4.78 is 0. The second kappa shape index (κ2) is 5.33. The lowest BCUT2D eigenvalue weighted by atomic mass is 10.1. The summed E-state index contributed by atoms with van der Waals surface area (Å²) in [7, 11) is 0. The Labute approximate surface area is 107 Å². The molecule has 18 heavy (non-hydrogen) atoms. The Morgan fingerprint density at radius 2 is 2.28 bits per heavy atom. The average Bonchev–Trinajstić information content (AvgIpc) is 3.11. The molecule has 1 aromatic rings. The third kappa shape index (κ3) is 3.18. The van der Waals surface area contributed by atoms with Crippen molar-refractivity contribution in [1.82, 2.24) is 9.97 Å². The number of aryl methyl sites for hydroxylation is 1. The lowest BCUT2D eigenvalue weighted by Gasteiger charge is -2.15. The summed E-state index contributed by atoms with van der Waals surface area (Å²) in [5.74, 6) is 1.12. The Bertz CT molecular complexity index is 444. The SMILES string of the molecule is CCCC(Nc1cc(C)nc(C2CC2)n1)C(=O)O. The number of carboxylic acid groups (broad SMARTS) is 1. The molecule has 0 amide bonds. The van der Waals surface area contributed by atoms with E-state index in [1.807, 2.05) is 13.8 Å². The molecule has 0 saturated heterocycles. The fourth-order valence-electron chi connectivity index (χ4n) is 1.91. The summed E-state index contributed by atoms with van der Waals surface area (Å²) in [6.45, 7) is 3.88. The van der Waals surface area contributed by atoms with Crippen LogP contribution in [-0.2, 0) is 4.79 Å². The van der Waals surface area contributed by atoms with Crippen molar-refractivity contribution in [3.63, 3.8) is 0 Å². The maximum Gasteiger partial charge on any atom is 0.326 e. The number of carbonyl (C=O) groups is 1. The molecule has 1 aliphatic rings. The number of carboxylic acids is 1. The first-order chi connectivity index (χ1) is 8.60. The van der Waals surface area contributed by atoms with E-state index >= 15 is 0 Å². The highest BCUT2D eigenvalue weighted by molar-refractivity contribution is 5.76. The van der Waals surface area contributed by atoms with Gasteiger partial charge in [-0.05, 0) is 26.2 Å². The molecule has 0 spiro atoms. The first kappa shape index (κ1) is 12.8. The van der Waals surface area contributed by atoms with Crippen LogP contribution < -0.4 is 5.32 Å². The van der Waals surface area contributed by atoms with Crippen LogP contribution in [0.1, 0.15) is 50.0 Å². The molecule has 1 aliphatic carbocycles. The molecule has 5 heteroatoms. The number of hydrogen-bond acceptors (Lipinski definition) is 4. The molecule has 1 atom stereocenters. The molecule has 98 valence electrons. The van der Waals surface area contributed by atoms with Gasteiger partial charge in [0.2, 0.25) is 0 Å². The number of nitrogens with one attached hydrogen (secondary N) is 1. The third-order valence-electron chi connectivity index (χ3n) is 3.01. The van der Waals surface area contributed by atoms with Crippen molar-refractivity contribution in [1.29, 1.82) is 0 Å². The van der Waals surface area contributed by atoms with Gasteiger partial charge in [0.15, 0.2) is 0 Å². The summed E-state index contributed by atoms with van der Waals surface area (Å²) in [6, 6.07) is 1.23. The molecule has 1 unspecified atom stereocenters. The van der Waals surface area contributed by atoms with Crippen molar-refractivity contribution in [2.45, 2.75) is 51.5 Å². The van der Waals surface area contributed by atoms with Crippen LogP contribution in [0.15, 0.2) is 6.07 Å². The van der Waals surface area contributed by atoms with E-state index in [9.17, 15) is 4.79 Å². The Kier molecular flexibility index (Phi) is 3.79. The van der Waals surface area contributed by atoms with Crippen molar-refractivity contribution < 1.29 is 9.90 Å². The lowest BCUT2D eigenvalue weighted by molar-refractivity contribution is -0.138. The van der Waals surface area contributed by atoms with Gasteiger partial charge in [-0.3, -0.25) is 0 Å². The molecule has 1 aromatic heterocycles. The van der Waals surface area contributed by atoms with Gasteiger partial charge in [0.25, 0.3) is 0 Å². The number of rotatable bonds is 6. The van der Waals surface area contributed by atoms with Crippen LogP contribution in [-0.4, -0.2) is 27.1 Å². The molecule has 0 aromatic carbocycles. The first-order valence-corrected chi connectivity index (χ1v) is 6.45. The zero-order valence-electron chi connectivity index (χ0n) is 10.8. The molecular formula is C13H19N3O2. The minimum atomic E-state index is -0.832. The van der Waals surface area contributed by atoms with E-state index in [1.165, 1.54) is 0 Å². The molecule has 1 fully saturated rings. The Hall–Kier alpha value is -1.65. The quantitative estimate of drug-likeness (QED) is 0.809. The molecule has 1 heterocycles. The van der Waals surface area contributed by atoms with Gasteiger partial charge >= 0.3 is 5.97 Å². The van der Waals surface area contributed by atoms with Crippen molar-refractivity contribution in [3.8, 4) is 0 Å². The standard InChI is InChI=1S/C13H19N3O2/c1-3-4-10(13(17)18)15-11-7-8(2)14-12(16-11)9-5-6-9/h7,9-10H,3-6H2,1-2H3,(H,17,18)(H,14,15,16). The van der Waals surface area contributed by atoms with Crippen LogP contribution in [0.25, 0.3) is 0 Å². The zero-order valence-corrected chi connectivity index (χ0v) is 10.8. The van der Waals surface area contributed by atoms with Crippen LogP contribution >= 0.6 is 0 Å². The monoisotopic (exact) mass is 249 g/mol. The van der Waals surface area contributed by atoms with Gasteiger partial charge in [-0.25, -0.2) is 14.8 Å². The number of aromatic nitrogens is 2. The molecule has 2 rings (SSSR count). The van der Waals surface area contributed by atoms with Crippen LogP contribution in [0.3, 0.4) is 0 Å². The second-order valence-electron chi connectivity index (χ2n) is 4.85. The topological polar surface area (TPSA) is 75.1 Å². The van der Waals surface area contributed by atoms with E-state index in [4.69, 9.17) is 5.11 Å². The maximum atomic E-state index is 11.1. The van der Waals surface area contributed by atoms with Crippen LogP contribution in [0, 0.1) is 6.92 Å². The summed E-state index contributed by atoms with van der Waals surface area (Å²) in [4.78, 5) is 19.9. The molecule has 5 nitrogen and oxygen atoms in total. The van der Waals surface area contributed by atoms with Gasteiger partial charge in [-0.15, -0.1) is 0 Å². The van der Waals surface area contributed by atoms with E-state index < -0.39 is 12.0 Å². The number of hydrogen-bond donors (Lipinski definition) is 2. The minimum Gasteiger partial charge on any atom is -0.480 e. The van der Waals surface area contributed by atoms with Gasteiger partial charge in [-0.1, -0.05) is 13.3 Å². The van der Waals surface area contributed by atoms with E-state index in [0.29, 0.717) is 18.2 Å². The largest absolute Gasteiger partial charge is 0.480 e. The summed E-state index contributed by atoms with van der Waals surface area (Å²) in [5, 5.41) is 12.1. The highest BCUT2D eigenvalue weighted by Gasteiger charge is 2.27. The van der Waals surface area contributed by atoms with Gasteiger partial charge in [0.05, 0.1) is 0 Å². The van der Waals surface area contributed by atoms with Crippen molar-refractivity contribution in [2.24, 2.45) is 0 Å². The summed E-state index contributed by atoms with van der Waals surface area (Å²) >= 11 is 0. The van der Waals surface area contributed by atoms with Crippen molar-refractivity contribution in [3.05, 3.63) is 17.6 Å². The highest BCUT2D eigenvalue weighted by Crippen LogP contribution is 2.38. The molecule has 0 bridgehead atoms. The Morgan fingerprint density at radius 3 is 2.83 bits per heavy atom. The average molecular weight is 249 g/mol. The van der Waals surface area contributed by atoms with Gasteiger partial charge in [0.1, 0.15) is 17.7 Å². The fourth-order valence-corrected chi connectivity index (χ4v) is 1.91. The van der Waals surface area contributed by atoms with Crippen LogP contribution in [0.5, 0.6) is 0 Å². The van der Waals surface area contributed by atoms with E-state index in [0.717, 1.165) is 30.8 Å². The second-order valence-corrected chi connectivity index (χ2v) is 4.85. The number of nitrogens with zero attached hydrogens (tertiary/aromatic N) is 2. The van der Waals surface area contributed by atoms with Gasteiger partial charge in [-0.2, -0.15) is 0 Å². The predicted octanol–water partition coefficient (Wildman–Crippen LogP) is 2.33.